The maximum atomic E-state index is 11.3. The number of aromatic nitrogens is 2. The summed E-state index contributed by atoms with van der Waals surface area (Å²) in [6.07, 6.45) is 0. The minimum atomic E-state index is -0.641. The second kappa shape index (κ2) is 5.85. The summed E-state index contributed by atoms with van der Waals surface area (Å²) >= 11 is 12.2. The molecule has 0 unspecified atom stereocenters. The Bertz CT molecular complexity index is 735. The maximum Gasteiger partial charge on any atom is 0.248 e. The fraction of sp³-hybridized carbons (Fsp3) is 0.154. The number of carbonyl (C=O) groups is 1. The Kier molecular flexibility index (Phi) is 4.32. The van der Waals surface area contributed by atoms with Crippen LogP contribution in [0.5, 0.6) is 0 Å². The van der Waals surface area contributed by atoms with Crippen LogP contribution in [-0.2, 0) is 6.61 Å². The minimum Gasteiger partial charge on any atom is -0.390 e. The van der Waals surface area contributed by atoms with E-state index < -0.39 is 5.91 Å². The molecule has 0 saturated heterocycles. The first-order valence-electron chi connectivity index (χ1n) is 5.88. The van der Waals surface area contributed by atoms with Gasteiger partial charge in [-0.1, -0.05) is 23.2 Å². The number of nitrogens with zero attached hydrogens (tertiary/aromatic N) is 2. The third kappa shape index (κ3) is 2.92. The lowest BCUT2D eigenvalue weighted by atomic mass is 10.1. The fourth-order valence-corrected chi connectivity index (χ4v) is 2.26. The lowest BCUT2D eigenvalue weighted by Crippen LogP contribution is -2.11. The van der Waals surface area contributed by atoms with Crippen molar-refractivity contribution in [2.75, 3.05) is 5.73 Å². The zero-order chi connectivity index (χ0) is 15.7. The molecule has 2 aromatic rings. The Morgan fingerprint density at radius 2 is 2.00 bits per heavy atom. The predicted molar refractivity (Wildman–Crippen MR) is 81.1 cm³/mol. The molecule has 5 N–H and O–H groups in total. The fourth-order valence-electron chi connectivity index (χ4n) is 1.85. The summed E-state index contributed by atoms with van der Waals surface area (Å²) in [5.74, 6) is -0.509. The van der Waals surface area contributed by atoms with E-state index in [1.807, 2.05) is 0 Å². The number of halogens is 2. The first-order valence-corrected chi connectivity index (χ1v) is 6.63. The number of nitrogens with two attached hydrogens (primary N) is 2. The number of rotatable bonds is 3. The van der Waals surface area contributed by atoms with Crippen LogP contribution >= 0.6 is 23.2 Å². The van der Waals surface area contributed by atoms with Crippen LogP contribution in [0.4, 0.5) is 5.82 Å². The summed E-state index contributed by atoms with van der Waals surface area (Å²) < 4.78 is 0. The van der Waals surface area contributed by atoms with Crippen molar-refractivity contribution in [2.24, 2.45) is 5.73 Å². The first kappa shape index (κ1) is 15.5. The molecule has 2 rings (SSSR count). The molecule has 0 saturated carbocycles. The van der Waals surface area contributed by atoms with E-state index in [2.05, 4.69) is 9.97 Å². The number of anilines is 1. The SMILES string of the molecule is Cc1nc(N)c(CO)nc1-c1cc(C(N)=O)cc(Cl)c1Cl. The molecule has 0 fully saturated rings. The van der Waals surface area contributed by atoms with Crippen molar-refractivity contribution in [3.63, 3.8) is 0 Å². The number of aryl methyl sites for hydroxylation is 1. The van der Waals surface area contributed by atoms with Gasteiger partial charge in [-0.15, -0.1) is 0 Å². The largest absolute Gasteiger partial charge is 0.390 e. The van der Waals surface area contributed by atoms with Gasteiger partial charge in [0.2, 0.25) is 5.91 Å². The van der Waals surface area contributed by atoms with Crippen molar-refractivity contribution < 1.29 is 9.90 Å². The van der Waals surface area contributed by atoms with Gasteiger partial charge >= 0.3 is 0 Å². The molecule has 0 atom stereocenters. The zero-order valence-corrected chi connectivity index (χ0v) is 12.5. The highest BCUT2D eigenvalue weighted by atomic mass is 35.5. The zero-order valence-electron chi connectivity index (χ0n) is 11.0. The third-order valence-electron chi connectivity index (χ3n) is 2.89. The first-order chi connectivity index (χ1) is 9.85. The van der Waals surface area contributed by atoms with Crippen molar-refractivity contribution in [1.82, 2.24) is 9.97 Å². The highest BCUT2D eigenvalue weighted by Gasteiger charge is 2.17. The quantitative estimate of drug-likeness (QED) is 0.797. The van der Waals surface area contributed by atoms with Gasteiger partial charge < -0.3 is 16.6 Å². The Hall–Kier alpha value is -1.89. The van der Waals surface area contributed by atoms with Crippen LogP contribution in [0.2, 0.25) is 10.0 Å². The minimum absolute atomic E-state index is 0.132. The molecule has 0 radical (unpaired) electrons. The summed E-state index contributed by atoms with van der Waals surface area (Å²) in [6, 6.07) is 2.85. The van der Waals surface area contributed by atoms with Gasteiger partial charge in [0.1, 0.15) is 11.5 Å². The highest BCUT2D eigenvalue weighted by Crippen LogP contribution is 2.35. The van der Waals surface area contributed by atoms with Crippen molar-refractivity contribution in [1.29, 1.82) is 0 Å². The molecule has 0 bridgehead atoms. The number of nitrogen functional groups attached to an aromatic ring is 1. The topological polar surface area (TPSA) is 115 Å². The van der Waals surface area contributed by atoms with E-state index in [9.17, 15) is 9.90 Å². The Morgan fingerprint density at radius 1 is 1.33 bits per heavy atom. The average molecular weight is 327 g/mol. The molecule has 6 nitrogen and oxygen atoms in total. The van der Waals surface area contributed by atoms with E-state index in [0.717, 1.165) is 0 Å². The van der Waals surface area contributed by atoms with Crippen LogP contribution in [-0.4, -0.2) is 21.0 Å². The van der Waals surface area contributed by atoms with Gasteiger partial charge in [0, 0.05) is 11.1 Å². The molecule has 0 spiro atoms. The van der Waals surface area contributed by atoms with E-state index in [1.54, 1.807) is 6.92 Å². The van der Waals surface area contributed by atoms with Crippen LogP contribution < -0.4 is 11.5 Å². The monoisotopic (exact) mass is 326 g/mol. The third-order valence-corrected chi connectivity index (χ3v) is 3.69. The molecule has 0 aliphatic rings. The van der Waals surface area contributed by atoms with E-state index >= 15 is 0 Å². The van der Waals surface area contributed by atoms with Crippen molar-refractivity contribution in [2.45, 2.75) is 13.5 Å². The summed E-state index contributed by atoms with van der Waals surface area (Å²) in [5.41, 5.74) is 12.6. The van der Waals surface area contributed by atoms with Crippen LogP contribution in [0.1, 0.15) is 21.7 Å². The molecule has 1 heterocycles. The molecular formula is C13H12Cl2N4O2. The number of primary amides is 1. The van der Waals surface area contributed by atoms with E-state index in [0.29, 0.717) is 17.0 Å². The predicted octanol–water partition coefficient (Wildman–Crippen LogP) is 1.93. The Balaban J connectivity index is 2.74. The summed E-state index contributed by atoms with van der Waals surface area (Å²) in [6.45, 7) is 1.31. The molecule has 8 heteroatoms. The average Bonchev–Trinajstić information content (AvgIpc) is 2.42. The summed E-state index contributed by atoms with van der Waals surface area (Å²) in [4.78, 5) is 19.7. The van der Waals surface area contributed by atoms with Gasteiger partial charge in [-0.25, -0.2) is 9.97 Å². The lowest BCUT2D eigenvalue weighted by Gasteiger charge is -2.12. The van der Waals surface area contributed by atoms with Crippen LogP contribution in [0.3, 0.4) is 0 Å². The van der Waals surface area contributed by atoms with E-state index in [1.165, 1.54) is 12.1 Å². The van der Waals surface area contributed by atoms with E-state index in [-0.39, 0.29) is 33.7 Å². The molecule has 0 aliphatic carbocycles. The van der Waals surface area contributed by atoms with Crippen molar-refractivity contribution in [3.8, 4) is 11.3 Å². The maximum absolute atomic E-state index is 11.3. The lowest BCUT2D eigenvalue weighted by molar-refractivity contribution is 0.100. The molecular weight excluding hydrogens is 315 g/mol. The number of hydrogen-bond donors (Lipinski definition) is 3. The molecule has 21 heavy (non-hydrogen) atoms. The Morgan fingerprint density at radius 3 is 2.57 bits per heavy atom. The van der Waals surface area contributed by atoms with E-state index in [4.69, 9.17) is 34.7 Å². The van der Waals surface area contributed by atoms with Crippen LogP contribution in [0.15, 0.2) is 12.1 Å². The highest BCUT2D eigenvalue weighted by molar-refractivity contribution is 6.44. The van der Waals surface area contributed by atoms with Gasteiger partial charge in [0.25, 0.3) is 0 Å². The van der Waals surface area contributed by atoms with Gasteiger partial charge in [-0.3, -0.25) is 4.79 Å². The number of benzene rings is 1. The summed E-state index contributed by atoms with van der Waals surface area (Å²) in [5, 5.41) is 9.62. The van der Waals surface area contributed by atoms with Gasteiger partial charge in [0.05, 0.1) is 28.0 Å². The smallest absolute Gasteiger partial charge is 0.248 e. The summed E-state index contributed by atoms with van der Waals surface area (Å²) in [7, 11) is 0. The second-order valence-electron chi connectivity index (χ2n) is 4.33. The molecule has 110 valence electrons. The van der Waals surface area contributed by atoms with Crippen molar-refractivity contribution in [3.05, 3.63) is 39.1 Å². The van der Waals surface area contributed by atoms with Crippen LogP contribution in [0.25, 0.3) is 11.3 Å². The number of carbonyl (C=O) groups excluding carboxylic acids is 1. The number of aliphatic hydroxyl groups excluding tert-OH is 1. The van der Waals surface area contributed by atoms with Crippen molar-refractivity contribution >= 4 is 34.9 Å². The number of amides is 1. The molecule has 1 aromatic carbocycles. The van der Waals surface area contributed by atoms with Gasteiger partial charge in [-0.05, 0) is 19.1 Å². The normalized spacial score (nSPS) is 10.7. The number of aliphatic hydroxyl groups is 1. The van der Waals surface area contributed by atoms with Crippen LogP contribution in [0, 0.1) is 6.92 Å². The standard InChI is InChI=1S/C13H12Cl2N4O2/c1-5-11(19-9(4-20)12(16)18-5)7-2-6(13(17)21)3-8(14)10(7)15/h2-3,20H,4H2,1H3,(H2,16,18)(H2,17,21). The van der Waals surface area contributed by atoms with Gasteiger partial charge in [0.15, 0.2) is 0 Å². The molecule has 1 amide bonds. The Labute approximate surface area is 130 Å². The molecule has 1 aromatic heterocycles. The number of hydrogen-bond acceptors (Lipinski definition) is 5. The molecule has 0 aliphatic heterocycles. The van der Waals surface area contributed by atoms with Gasteiger partial charge in [-0.2, -0.15) is 0 Å². The second-order valence-corrected chi connectivity index (χ2v) is 5.12.